The van der Waals surface area contributed by atoms with E-state index < -0.39 is 0 Å². The van der Waals surface area contributed by atoms with Crippen LogP contribution in [0.4, 0.5) is 0 Å². The lowest BCUT2D eigenvalue weighted by molar-refractivity contribution is -0.129. The number of likely N-dealkylation sites (tertiary alicyclic amines) is 1. The van der Waals surface area contributed by atoms with E-state index in [1.54, 1.807) is 12.0 Å². The molecule has 2 heterocycles. The SMILES string of the molecule is COCCN1CC(C(=O)NCCCc2c(C)n[nH]c2C)CC1=O. The van der Waals surface area contributed by atoms with Crippen LogP contribution in [-0.4, -0.2) is 60.3 Å². The number of nitrogens with zero attached hydrogens (tertiary/aromatic N) is 2. The number of carbonyl (C=O) groups excluding carboxylic acids is 2. The summed E-state index contributed by atoms with van der Waals surface area (Å²) in [5.41, 5.74) is 3.33. The number of aromatic nitrogens is 2. The van der Waals surface area contributed by atoms with E-state index in [1.165, 1.54) is 5.56 Å². The van der Waals surface area contributed by atoms with E-state index in [-0.39, 0.29) is 17.7 Å². The summed E-state index contributed by atoms with van der Waals surface area (Å²) in [6.07, 6.45) is 2.05. The van der Waals surface area contributed by atoms with Gasteiger partial charge in [-0.25, -0.2) is 0 Å². The van der Waals surface area contributed by atoms with Crippen molar-refractivity contribution in [2.45, 2.75) is 33.1 Å². The van der Waals surface area contributed by atoms with Gasteiger partial charge in [-0.3, -0.25) is 14.7 Å². The molecule has 23 heavy (non-hydrogen) atoms. The Kier molecular flexibility index (Phi) is 6.15. The molecule has 0 spiro atoms. The summed E-state index contributed by atoms with van der Waals surface area (Å²) in [6.45, 7) is 6.16. The number of methoxy groups -OCH3 is 1. The van der Waals surface area contributed by atoms with Crippen molar-refractivity contribution in [3.05, 3.63) is 17.0 Å². The molecular weight excluding hydrogens is 296 g/mol. The minimum absolute atomic E-state index is 0.0288. The van der Waals surface area contributed by atoms with Crippen LogP contribution >= 0.6 is 0 Å². The Morgan fingerprint density at radius 1 is 1.48 bits per heavy atom. The molecule has 2 amide bonds. The highest BCUT2D eigenvalue weighted by Gasteiger charge is 2.33. The van der Waals surface area contributed by atoms with Gasteiger partial charge in [0.05, 0.1) is 18.2 Å². The van der Waals surface area contributed by atoms with Crippen LogP contribution < -0.4 is 5.32 Å². The first kappa shape index (κ1) is 17.5. The van der Waals surface area contributed by atoms with Crippen LogP contribution in [-0.2, 0) is 20.7 Å². The number of aromatic amines is 1. The number of hydrogen-bond acceptors (Lipinski definition) is 4. The lowest BCUT2D eigenvalue weighted by Crippen LogP contribution is -2.34. The highest BCUT2D eigenvalue weighted by molar-refractivity contribution is 5.89. The van der Waals surface area contributed by atoms with Gasteiger partial charge in [-0.05, 0) is 32.3 Å². The molecule has 0 radical (unpaired) electrons. The number of H-pyrrole nitrogens is 1. The Morgan fingerprint density at radius 2 is 2.26 bits per heavy atom. The third-order valence-corrected chi connectivity index (χ3v) is 4.33. The lowest BCUT2D eigenvalue weighted by atomic mass is 10.1. The second kappa shape index (κ2) is 8.10. The summed E-state index contributed by atoms with van der Waals surface area (Å²) in [6, 6.07) is 0. The second-order valence-electron chi connectivity index (χ2n) is 6.04. The molecule has 1 aliphatic rings. The van der Waals surface area contributed by atoms with Crippen LogP contribution in [0.5, 0.6) is 0 Å². The fourth-order valence-electron chi connectivity index (χ4n) is 2.93. The van der Waals surface area contributed by atoms with Gasteiger partial charge in [0.1, 0.15) is 0 Å². The number of carbonyl (C=O) groups is 2. The first-order chi connectivity index (χ1) is 11.0. The molecule has 1 atom stereocenters. The molecule has 7 nitrogen and oxygen atoms in total. The predicted octanol–water partition coefficient (Wildman–Crippen LogP) is 0.570. The Hall–Kier alpha value is -1.89. The van der Waals surface area contributed by atoms with Gasteiger partial charge in [-0.2, -0.15) is 5.10 Å². The minimum atomic E-state index is -0.239. The molecular formula is C16H26N4O3. The largest absolute Gasteiger partial charge is 0.383 e. The van der Waals surface area contributed by atoms with Crippen LogP contribution in [0.3, 0.4) is 0 Å². The zero-order valence-corrected chi connectivity index (χ0v) is 14.1. The molecule has 1 saturated heterocycles. The molecule has 128 valence electrons. The van der Waals surface area contributed by atoms with Gasteiger partial charge in [0.15, 0.2) is 0 Å². The Balaban J connectivity index is 1.70. The number of aryl methyl sites for hydroxylation is 2. The highest BCUT2D eigenvalue weighted by Crippen LogP contribution is 2.17. The topological polar surface area (TPSA) is 87.3 Å². The van der Waals surface area contributed by atoms with Gasteiger partial charge >= 0.3 is 0 Å². The zero-order chi connectivity index (χ0) is 16.8. The number of hydrogen-bond donors (Lipinski definition) is 2. The third-order valence-electron chi connectivity index (χ3n) is 4.33. The number of amides is 2. The predicted molar refractivity (Wildman–Crippen MR) is 86.0 cm³/mol. The zero-order valence-electron chi connectivity index (χ0n) is 14.1. The average Bonchev–Trinajstić information content (AvgIpc) is 3.05. The first-order valence-electron chi connectivity index (χ1n) is 8.07. The molecule has 1 aromatic rings. The molecule has 1 unspecified atom stereocenters. The molecule has 1 aliphatic heterocycles. The van der Waals surface area contributed by atoms with Crippen molar-refractivity contribution in [1.29, 1.82) is 0 Å². The van der Waals surface area contributed by atoms with E-state index in [4.69, 9.17) is 4.74 Å². The van der Waals surface area contributed by atoms with Crippen LogP contribution in [0.1, 0.15) is 29.8 Å². The molecule has 1 fully saturated rings. The van der Waals surface area contributed by atoms with Crippen molar-refractivity contribution in [3.63, 3.8) is 0 Å². The van der Waals surface area contributed by atoms with Crippen molar-refractivity contribution in [2.75, 3.05) is 33.4 Å². The summed E-state index contributed by atoms with van der Waals surface area (Å²) in [5, 5.41) is 10.1. The van der Waals surface area contributed by atoms with Gasteiger partial charge < -0.3 is 15.0 Å². The maximum Gasteiger partial charge on any atom is 0.225 e. The summed E-state index contributed by atoms with van der Waals surface area (Å²) < 4.78 is 4.98. The van der Waals surface area contributed by atoms with Crippen molar-refractivity contribution in [3.8, 4) is 0 Å². The molecule has 0 aliphatic carbocycles. The molecule has 0 aromatic carbocycles. The van der Waals surface area contributed by atoms with Crippen LogP contribution in [0, 0.1) is 19.8 Å². The lowest BCUT2D eigenvalue weighted by Gasteiger charge is -2.15. The van der Waals surface area contributed by atoms with E-state index in [0.717, 1.165) is 24.2 Å². The molecule has 1 aromatic heterocycles. The summed E-state index contributed by atoms with van der Waals surface area (Å²) >= 11 is 0. The molecule has 2 N–H and O–H groups in total. The fraction of sp³-hybridized carbons (Fsp3) is 0.688. The van der Waals surface area contributed by atoms with E-state index >= 15 is 0 Å². The smallest absolute Gasteiger partial charge is 0.225 e. The van der Waals surface area contributed by atoms with Gasteiger partial charge in [0, 0.05) is 38.9 Å². The quantitative estimate of drug-likeness (QED) is 0.685. The molecule has 7 heteroatoms. The van der Waals surface area contributed by atoms with Crippen molar-refractivity contribution < 1.29 is 14.3 Å². The molecule has 0 saturated carbocycles. The van der Waals surface area contributed by atoms with Crippen LogP contribution in [0.15, 0.2) is 0 Å². The van der Waals surface area contributed by atoms with E-state index in [0.29, 0.717) is 32.7 Å². The highest BCUT2D eigenvalue weighted by atomic mass is 16.5. The molecule has 0 bridgehead atoms. The van der Waals surface area contributed by atoms with E-state index in [1.807, 2.05) is 13.8 Å². The standard InChI is InChI=1S/C16H26N4O3/c1-11-14(12(2)19-18-11)5-4-6-17-16(22)13-9-15(21)20(10-13)7-8-23-3/h13H,4-10H2,1-3H3,(H,17,22)(H,18,19). The second-order valence-corrected chi connectivity index (χ2v) is 6.04. The maximum atomic E-state index is 12.2. The van der Waals surface area contributed by atoms with E-state index in [9.17, 15) is 9.59 Å². The minimum Gasteiger partial charge on any atom is -0.383 e. The van der Waals surface area contributed by atoms with Crippen molar-refractivity contribution >= 4 is 11.8 Å². The van der Waals surface area contributed by atoms with Gasteiger partial charge in [0.2, 0.25) is 11.8 Å². The van der Waals surface area contributed by atoms with Crippen molar-refractivity contribution in [1.82, 2.24) is 20.4 Å². The normalized spacial score (nSPS) is 17.8. The van der Waals surface area contributed by atoms with Gasteiger partial charge in [-0.1, -0.05) is 0 Å². The first-order valence-corrected chi connectivity index (χ1v) is 8.07. The number of ether oxygens (including phenoxy) is 1. The summed E-state index contributed by atoms with van der Waals surface area (Å²) in [4.78, 5) is 25.7. The Labute approximate surface area is 136 Å². The average molecular weight is 322 g/mol. The monoisotopic (exact) mass is 322 g/mol. The molecule has 2 rings (SSSR count). The van der Waals surface area contributed by atoms with Crippen LogP contribution in [0.2, 0.25) is 0 Å². The summed E-state index contributed by atoms with van der Waals surface area (Å²) in [5.74, 6) is -0.234. The number of nitrogens with one attached hydrogen (secondary N) is 2. The maximum absolute atomic E-state index is 12.2. The Morgan fingerprint density at radius 3 is 2.91 bits per heavy atom. The Bertz CT molecular complexity index is 536. The van der Waals surface area contributed by atoms with Gasteiger partial charge in [-0.15, -0.1) is 0 Å². The summed E-state index contributed by atoms with van der Waals surface area (Å²) in [7, 11) is 1.61. The van der Waals surface area contributed by atoms with Crippen molar-refractivity contribution in [2.24, 2.45) is 5.92 Å². The number of rotatable bonds is 8. The fourth-order valence-corrected chi connectivity index (χ4v) is 2.93. The third kappa shape index (κ3) is 4.54. The van der Waals surface area contributed by atoms with Gasteiger partial charge in [0.25, 0.3) is 0 Å². The van der Waals surface area contributed by atoms with Crippen LogP contribution in [0.25, 0.3) is 0 Å². The van der Waals surface area contributed by atoms with E-state index in [2.05, 4.69) is 15.5 Å².